The minimum absolute atomic E-state index is 0.0216. The van der Waals surface area contributed by atoms with Crippen LogP contribution >= 0.6 is 0 Å². The van der Waals surface area contributed by atoms with Gasteiger partial charge in [0, 0.05) is 0 Å². The van der Waals surface area contributed by atoms with Gasteiger partial charge in [-0.25, -0.2) is 0 Å². The number of phenols is 5. The Hall–Kier alpha value is -3.74. The lowest BCUT2D eigenvalue weighted by Gasteiger charge is -2.15. The molecule has 0 atom stereocenters. The fourth-order valence-corrected chi connectivity index (χ4v) is 2.72. The van der Waals surface area contributed by atoms with Gasteiger partial charge in [-0.3, -0.25) is 0 Å². The summed E-state index contributed by atoms with van der Waals surface area (Å²) in [4.78, 5) is 0. The Morgan fingerprint density at radius 1 is 0.464 bits per heavy atom. The number of aromatic hydroxyl groups is 5. The predicted molar refractivity (Wildman–Crippen MR) is 102 cm³/mol. The van der Waals surface area contributed by atoms with Crippen LogP contribution in [0.2, 0.25) is 0 Å². The number of hydrogen-bond acceptors (Lipinski definition) is 7. The summed E-state index contributed by atoms with van der Waals surface area (Å²) in [6, 6.07) is 8.80. The quantitative estimate of drug-likeness (QED) is 0.413. The zero-order valence-corrected chi connectivity index (χ0v) is 15.5. The van der Waals surface area contributed by atoms with Crippen LogP contribution in [-0.2, 0) is 0 Å². The summed E-state index contributed by atoms with van der Waals surface area (Å²) in [6.45, 7) is 5.16. The molecular weight excluding hydrogens is 364 g/mol. The molecule has 0 unspecified atom stereocenters. The normalized spacial score (nSPS) is 10.7. The average molecular weight is 384 g/mol. The van der Waals surface area contributed by atoms with Crippen molar-refractivity contribution < 1.29 is 35.0 Å². The van der Waals surface area contributed by atoms with Crippen molar-refractivity contribution in [3.05, 3.63) is 53.1 Å². The molecule has 3 aromatic rings. The van der Waals surface area contributed by atoms with Crippen LogP contribution < -0.4 is 9.47 Å². The lowest BCUT2D eigenvalue weighted by molar-refractivity contribution is 0.344. The number of rotatable bonds is 4. The third kappa shape index (κ3) is 3.68. The lowest BCUT2D eigenvalue weighted by atomic mass is 10.1. The first-order valence-corrected chi connectivity index (χ1v) is 8.40. The zero-order chi connectivity index (χ0) is 20.6. The molecule has 0 aromatic heterocycles. The van der Waals surface area contributed by atoms with Gasteiger partial charge in [0.15, 0.2) is 34.5 Å². The Balaban J connectivity index is 2.02. The van der Waals surface area contributed by atoms with Gasteiger partial charge in [0.25, 0.3) is 0 Å². The molecule has 7 heteroatoms. The SMILES string of the molecule is Cc1cc(O)c(O)c(Oc2cc(C)cc(Oc3cc(C)cc(O)c3O)c2O)c1. The van der Waals surface area contributed by atoms with Gasteiger partial charge >= 0.3 is 0 Å². The highest BCUT2D eigenvalue weighted by Gasteiger charge is 2.18. The van der Waals surface area contributed by atoms with E-state index in [4.69, 9.17) is 9.47 Å². The molecule has 0 spiro atoms. The Morgan fingerprint density at radius 3 is 1.11 bits per heavy atom. The third-order valence-electron chi connectivity index (χ3n) is 4.02. The summed E-state index contributed by atoms with van der Waals surface area (Å²) < 4.78 is 11.2. The van der Waals surface area contributed by atoms with Crippen molar-refractivity contribution in [3.63, 3.8) is 0 Å². The van der Waals surface area contributed by atoms with Crippen LogP contribution in [0.15, 0.2) is 36.4 Å². The van der Waals surface area contributed by atoms with Gasteiger partial charge in [-0.2, -0.15) is 0 Å². The second-order valence-electron chi connectivity index (χ2n) is 6.58. The van der Waals surface area contributed by atoms with Gasteiger partial charge in [-0.1, -0.05) is 0 Å². The van der Waals surface area contributed by atoms with E-state index in [9.17, 15) is 25.5 Å². The first kappa shape index (κ1) is 19.0. The van der Waals surface area contributed by atoms with Crippen molar-refractivity contribution in [1.29, 1.82) is 0 Å². The van der Waals surface area contributed by atoms with Crippen molar-refractivity contribution in [2.45, 2.75) is 20.8 Å². The predicted octanol–water partition coefficient (Wildman–Crippen LogP) is 4.72. The molecule has 146 valence electrons. The molecule has 0 bridgehead atoms. The maximum Gasteiger partial charge on any atom is 0.202 e. The van der Waals surface area contributed by atoms with Gasteiger partial charge in [0.05, 0.1) is 0 Å². The molecule has 0 aliphatic carbocycles. The van der Waals surface area contributed by atoms with Gasteiger partial charge in [0.2, 0.25) is 17.2 Å². The van der Waals surface area contributed by atoms with Gasteiger partial charge < -0.3 is 35.0 Å². The van der Waals surface area contributed by atoms with E-state index in [-0.39, 0.29) is 40.2 Å². The molecule has 0 amide bonds. The summed E-state index contributed by atoms with van der Waals surface area (Å²) in [6.07, 6.45) is 0. The van der Waals surface area contributed by atoms with Crippen molar-refractivity contribution >= 4 is 0 Å². The Labute approximate surface area is 161 Å². The highest BCUT2D eigenvalue weighted by atomic mass is 16.5. The first-order chi connectivity index (χ1) is 13.2. The molecule has 5 N–H and O–H groups in total. The van der Waals surface area contributed by atoms with Crippen LogP contribution in [0.4, 0.5) is 0 Å². The van der Waals surface area contributed by atoms with E-state index in [2.05, 4.69) is 0 Å². The highest BCUT2D eigenvalue weighted by molar-refractivity contribution is 5.60. The van der Waals surface area contributed by atoms with Crippen molar-refractivity contribution in [3.8, 4) is 51.7 Å². The Morgan fingerprint density at radius 2 is 0.750 bits per heavy atom. The summed E-state index contributed by atoms with van der Waals surface area (Å²) in [5, 5.41) is 50.0. The van der Waals surface area contributed by atoms with E-state index in [1.165, 1.54) is 36.4 Å². The summed E-state index contributed by atoms with van der Waals surface area (Å²) >= 11 is 0. The molecule has 0 aliphatic heterocycles. The topological polar surface area (TPSA) is 120 Å². The molecular formula is C21H20O7. The molecule has 3 rings (SSSR count). The van der Waals surface area contributed by atoms with E-state index in [0.29, 0.717) is 16.7 Å². The van der Waals surface area contributed by atoms with Crippen LogP contribution in [0.25, 0.3) is 0 Å². The highest BCUT2D eigenvalue weighted by Crippen LogP contribution is 2.47. The zero-order valence-electron chi connectivity index (χ0n) is 15.5. The van der Waals surface area contributed by atoms with E-state index in [1.807, 2.05) is 0 Å². The van der Waals surface area contributed by atoms with Gasteiger partial charge in [0.1, 0.15) is 0 Å². The van der Waals surface area contributed by atoms with Crippen molar-refractivity contribution in [2.24, 2.45) is 0 Å². The fraction of sp³-hybridized carbons (Fsp3) is 0.143. The molecule has 0 heterocycles. The second-order valence-corrected chi connectivity index (χ2v) is 6.58. The van der Waals surface area contributed by atoms with E-state index < -0.39 is 11.5 Å². The lowest BCUT2D eigenvalue weighted by Crippen LogP contribution is -1.92. The minimum atomic E-state index is -0.463. The molecule has 0 saturated heterocycles. The Bertz CT molecular complexity index is 977. The number of ether oxygens (including phenoxy) is 2. The summed E-state index contributed by atoms with van der Waals surface area (Å²) in [7, 11) is 0. The molecule has 7 nitrogen and oxygen atoms in total. The molecule has 28 heavy (non-hydrogen) atoms. The molecule has 0 saturated carbocycles. The minimum Gasteiger partial charge on any atom is -0.504 e. The number of benzene rings is 3. The van der Waals surface area contributed by atoms with Crippen molar-refractivity contribution in [2.75, 3.05) is 0 Å². The average Bonchev–Trinajstić information content (AvgIpc) is 2.60. The first-order valence-electron chi connectivity index (χ1n) is 8.40. The van der Waals surface area contributed by atoms with Gasteiger partial charge in [-0.15, -0.1) is 0 Å². The largest absolute Gasteiger partial charge is 0.504 e. The van der Waals surface area contributed by atoms with Crippen LogP contribution in [0.1, 0.15) is 16.7 Å². The molecule has 3 aromatic carbocycles. The van der Waals surface area contributed by atoms with Crippen LogP contribution in [0, 0.1) is 20.8 Å². The summed E-state index contributed by atoms with van der Waals surface area (Å²) in [5.74, 6) is -2.13. The standard InChI is InChI=1S/C21H20O7/c1-10-4-13(22)19(24)15(6-10)27-17-8-12(3)9-18(21(17)26)28-16-7-11(2)5-14(23)20(16)25/h4-9,22-26H,1-3H3. The van der Waals surface area contributed by atoms with Crippen LogP contribution in [0.3, 0.4) is 0 Å². The summed E-state index contributed by atoms with van der Waals surface area (Å²) in [5.41, 5.74) is 1.96. The second kappa shape index (κ2) is 7.11. The maximum atomic E-state index is 10.6. The van der Waals surface area contributed by atoms with Crippen molar-refractivity contribution in [1.82, 2.24) is 0 Å². The van der Waals surface area contributed by atoms with E-state index in [1.54, 1.807) is 20.8 Å². The molecule has 0 radical (unpaired) electrons. The fourth-order valence-electron chi connectivity index (χ4n) is 2.72. The monoisotopic (exact) mass is 384 g/mol. The van der Waals surface area contributed by atoms with Crippen LogP contribution in [0.5, 0.6) is 51.7 Å². The number of aryl methyl sites for hydroxylation is 3. The molecule has 0 fully saturated rings. The van der Waals surface area contributed by atoms with E-state index >= 15 is 0 Å². The third-order valence-corrected chi connectivity index (χ3v) is 4.02. The number of phenolic OH excluding ortho intramolecular Hbond substituents is 5. The smallest absolute Gasteiger partial charge is 0.202 e. The van der Waals surface area contributed by atoms with Gasteiger partial charge in [-0.05, 0) is 73.9 Å². The Kier molecular flexibility index (Phi) is 4.83. The maximum absolute atomic E-state index is 10.6. The molecule has 0 aliphatic rings. The van der Waals surface area contributed by atoms with E-state index in [0.717, 1.165) is 0 Å². The van der Waals surface area contributed by atoms with Crippen LogP contribution in [-0.4, -0.2) is 25.5 Å². The number of hydrogen-bond donors (Lipinski definition) is 5.